The zero-order chi connectivity index (χ0) is 36.3. The normalized spacial score (nSPS) is 18.5. The van der Waals surface area contributed by atoms with Gasteiger partial charge in [0.2, 0.25) is 0 Å². The van der Waals surface area contributed by atoms with Crippen molar-refractivity contribution in [2.24, 2.45) is 0 Å². The van der Waals surface area contributed by atoms with E-state index >= 15 is 0 Å². The van der Waals surface area contributed by atoms with E-state index in [9.17, 15) is 19.8 Å². The van der Waals surface area contributed by atoms with Crippen LogP contribution >= 0.6 is 8.60 Å². The summed E-state index contributed by atoms with van der Waals surface area (Å²) in [6.45, 7) is 2.24. The van der Waals surface area contributed by atoms with E-state index in [1.54, 1.807) is 10.6 Å². The number of nitrogens with zero attached hydrogens (tertiary/aromatic N) is 5. The van der Waals surface area contributed by atoms with E-state index in [-0.39, 0.29) is 31.5 Å². The smallest absolute Gasteiger partial charge is 0.330 e. The fraction of sp³-hybridized carbons (Fsp3) is 0.632. The van der Waals surface area contributed by atoms with Gasteiger partial charge in [-0.2, -0.15) is 15.6 Å². The monoisotopic (exact) mass is 724 g/mol. The minimum absolute atomic E-state index is 0.0569. The number of anilines is 1. The third-order valence-corrected chi connectivity index (χ3v) is 10.2. The van der Waals surface area contributed by atoms with Crippen LogP contribution in [0.3, 0.4) is 0 Å². The summed E-state index contributed by atoms with van der Waals surface area (Å²) in [6.07, 6.45) is 19.9. The third kappa shape index (κ3) is 13.4. The summed E-state index contributed by atoms with van der Waals surface area (Å²) in [5, 5.41) is 23.5. The van der Waals surface area contributed by atoms with E-state index in [1.165, 1.54) is 89.1 Å². The Hall–Kier alpha value is -3.22. The molecule has 1 aliphatic heterocycles. The minimum Gasteiger partial charge on any atom is -0.382 e. The summed E-state index contributed by atoms with van der Waals surface area (Å²) >= 11 is 0. The number of aromatic nitrogens is 3. The average molecular weight is 725 g/mol. The molecule has 11 nitrogen and oxygen atoms in total. The van der Waals surface area contributed by atoms with Crippen molar-refractivity contribution in [1.82, 2.24) is 14.6 Å². The fourth-order valence-electron chi connectivity index (χ4n) is 6.54. The van der Waals surface area contributed by atoms with Gasteiger partial charge in [-0.25, -0.2) is 13.9 Å². The Balaban J connectivity index is 1.19. The van der Waals surface area contributed by atoms with E-state index in [0.717, 1.165) is 25.0 Å². The van der Waals surface area contributed by atoms with E-state index in [4.69, 9.17) is 24.3 Å². The van der Waals surface area contributed by atoms with Gasteiger partial charge in [0.25, 0.3) is 0 Å². The highest BCUT2D eigenvalue weighted by atomic mass is 31.2. The largest absolute Gasteiger partial charge is 0.382 e. The summed E-state index contributed by atoms with van der Waals surface area (Å²) in [6, 6.07) is 12.0. The molecule has 0 saturated carbocycles. The molecule has 3 aromatic rings. The quantitative estimate of drug-likeness (QED) is 0.0637. The number of rotatable bonds is 25. The molecule has 4 unspecified atom stereocenters. The lowest BCUT2D eigenvalue weighted by molar-refractivity contribution is -0.0395. The number of nitrogen functional groups attached to an aromatic ring is 1. The second-order valence-corrected chi connectivity index (χ2v) is 14.5. The van der Waals surface area contributed by atoms with Crippen molar-refractivity contribution in [3.05, 3.63) is 59.3 Å². The van der Waals surface area contributed by atoms with Crippen molar-refractivity contribution >= 4 is 19.9 Å². The Morgan fingerprint density at radius 1 is 1.02 bits per heavy atom. The van der Waals surface area contributed by atoms with Gasteiger partial charge < -0.3 is 29.1 Å². The third-order valence-electron chi connectivity index (χ3n) is 9.45. The molecule has 13 heteroatoms. The highest BCUT2D eigenvalue weighted by Gasteiger charge is 2.43. The lowest BCUT2D eigenvalue weighted by Crippen LogP contribution is -2.31. The molecule has 0 radical (unpaired) electrons. The van der Waals surface area contributed by atoms with Gasteiger partial charge in [0.05, 0.1) is 43.3 Å². The second kappa shape index (κ2) is 22.0. The Morgan fingerprint density at radius 3 is 2.37 bits per heavy atom. The molecular formula is C38H54FN6O5P. The first-order chi connectivity index (χ1) is 24.9. The number of benzene rings is 1. The molecule has 0 bridgehead atoms. The topological polar surface area (TPSA) is 161 Å². The number of hydrogen-bond acceptors (Lipinski definition) is 10. The lowest BCUT2D eigenvalue weighted by Gasteiger charge is -2.24. The molecule has 1 saturated heterocycles. The maximum absolute atomic E-state index is 14.0. The van der Waals surface area contributed by atoms with Crippen LogP contribution in [0.4, 0.5) is 10.2 Å². The maximum atomic E-state index is 14.0. The van der Waals surface area contributed by atoms with Crippen LogP contribution in [-0.2, 0) is 25.1 Å². The van der Waals surface area contributed by atoms with Crippen LogP contribution in [0, 0.1) is 28.5 Å². The van der Waals surface area contributed by atoms with Gasteiger partial charge in [-0.15, -0.1) is 0 Å². The molecular weight excluding hydrogens is 670 g/mol. The van der Waals surface area contributed by atoms with Gasteiger partial charge >= 0.3 is 8.60 Å². The van der Waals surface area contributed by atoms with E-state index in [1.807, 2.05) is 18.2 Å². The minimum atomic E-state index is -2.33. The molecule has 4 rings (SSSR count). The zero-order valence-corrected chi connectivity index (χ0v) is 30.9. The SMILES string of the molecule is CCCCCCCCCCCCCCCCC(COP(O)OCC1(C#N)CCC(c2ccc3c(N)ncnn23)O1)OCc1cc(F)cc(C#N)c1. The summed E-state index contributed by atoms with van der Waals surface area (Å²) < 4.78 is 39.3. The van der Waals surface area contributed by atoms with Crippen molar-refractivity contribution in [3.63, 3.8) is 0 Å². The number of nitrogens with two attached hydrogens (primary N) is 1. The molecule has 1 aliphatic rings. The Kier molecular flexibility index (Phi) is 17.5. The van der Waals surface area contributed by atoms with Crippen molar-refractivity contribution in [1.29, 1.82) is 10.5 Å². The summed E-state index contributed by atoms with van der Waals surface area (Å²) in [5.74, 6) is -0.147. The molecule has 0 spiro atoms. The molecule has 1 fully saturated rings. The average Bonchev–Trinajstić information content (AvgIpc) is 3.77. The molecule has 3 heterocycles. The fourth-order valence-corrected chi connectivity index (χ4v) is 7.22. The molecule has 0 aliphatic carbocycles. The molecule has 3 N–H and O–H groups in total. The number of unbranched alkanes of at least 4 members (excludes halogenated alkanes) is 13. The maximum Gasteiger partial charge on any atom is 0.330 e. The van der Waals surface area contributed by atoms with Crippen molar-refractivity contribution in [3.8, 4) is 12.1 Å². The summed E-state index contributed by atoms with van der Waals surface area (Å²) in [4.78, 5) is 14.7. The number of nitriles is 2. The Labute approximate surface area is 303 Å². The van der Waals surface area contributed by atoms with Crippen molar-refractivity contribution < 1.29 is 27.8 Å². The first-order valence-electron chi connectivity index (χ1n) is 18.6. The number of ether oxygens (including phenoxy) is 2. The predicted molar refractivity (Wildman–Crippen MR) is 194 cm³/mol. The van der Waals surface area contributed by atoms with Gasteiger partial charge in [0, 0.05) is 0 Å². The van der Waals surface area contributed by atoms with Crippen LogP contribution in [0.1, 0.15) is 139 Å². The van der Waals surface area contributed by atoms with E-state index in [0.29, 0.717) is 36.2 Å². The van der Waals surface area contributed by atoms with Crippen LogP contribution in [0.2, 0.25) is 0 Å². The molecule has 4 atom stereocenters. The number of fused-ring (bicyclic) bond motifs is 1. The Bertz CT molecular complexity index is 1560. The lowest BCUT2D eigenvalue weighted by atomic mass is 10.0. The zero-order valence-electron chi connectivity index (χ0n) is 30.0. The molecule has 1 aromatic carbocycles. The molecule has 278 valence electrons. The van der Waals surface area contributed by atoms with Gasteiger partial charge in [-0.1, -0.05) is 96.8 Å². The predicted octanol–water partition coefficient (Wildman–Crippen LogP) is 9.15. The standard InChI is InChI=1S/C38H54FN6O5P/c1-2-3-4-5-6-7-8-9-10-11-12-13-14-15-16-33(47-25-31-21-30(24-40)22-32(39)23-31)26-48-51(46)49-28-38(27-41)20-19-36(50-38)34-17-18-35-37(42)43-29-44-45(34)35/h17-18,21-23,29,33,36,46H,2-16,19-20,25-26,28H2,1H3,(H2,42,43,44). The highest BCUT2D eigenvalue weighted by molar-refractivity contribution is 7.40. The van der Waals surface area contributed by atoms with Crippen molar-refractivity contribution in [2.45, 2.75) is 140 Å². The van der Waals surface area contributed by atoms with Crippen LogP contribution in [0.25, 0.3) is 5.52 Å². The summed E-state index contributed by atoms with van der Waals surface area (Å²) in [7, 11) is -2.33. The van der Waals surface area contributed by atoms with Crippen molar-refractivity contribution in [2.75, 3.05) is 18.9 Å². The first kappa shape index (κ1) is 40.5. The molecule has 0 amide bonds. The highest BCUT2D eigenvalue weighted by Crippen LogP contribution is 2.43. The second-order valence-electron chi connectivity index (χ2n) is 13.5. The Morgan fingerprint density at radius 2 is 1.71 bits per heavy atom. The van der Waals surface area contributed by atoms with Crippen LogP contribution in [0.15, 0.2) is 36.7 Å². The van der Waals surface area contributed by atoms with Crippen LogP contribution in [-0.4, -0.2) is 44.4 Å². The molecule has 51 heavy (non-hydrogen) atoms. The summed E-state index contributed by atoms with van der Waals surface area (Å²) in [5.41, 5.74) is 6.89. The van der Waals surface area contributed by atoms with Crippen LogP contribution in [0.5, 0.6) is 0 Å². The molecule has 2 aromatic heterocycles. The van der Waals surface area contributed by atoms with Gasteiger partial charge in [0.15, 0.2) is 11.4 Å². The first-order valence-corrected chi connectivity index (χ1v) is 19.7. The van der Waals surface area contributed by atoms with Crippen LogP contribution < -0.4 is 5.73 Å². The van der Waals surface area contributed by atoms with Gasteiger partial charge in [-0.3, -0.25) is 0 Å². The van der Waals surface area contributed by atoms with Gasteiger partial charge in [-0.05, 0) is 55.2 Å². The van der Waals surface area contributed by atoms with E-state index < -0.39 is 26.1 Å². The van der Waals surface area contributed by atoms with E-state index in [2.05, 4.69) is 23.1 Å². The number of halogens is 1. The van der Waals surface area contributed by atoms with Gasteiger partial charge in [0.1, 0.15) is 29.8 Å². The number of hydrogen-bond donors (Lipinski definition) is 2.